The van der Waals surface area contributed by atoms with Crippen LogP contribution in [0.15, 0.2) is 10.9 Å². The summed E-state index contributed by atoms with van der Waals surface area (Å²) in [4.78, 5) is 13.6. The maximum absolute atomic E-state index is 10.0. The largest absolute Gasteiger partial charge is 0.440 e. The quantitative estimate of drug-likeness (QED) is 0.611. The fourth-order valence-corrected chi connectivity index (χ4v) is 0.392. The molecule has 1 heterocycles. The fourth-order valence-electron chi connectivity index (χ4n) is 0.392. The third kappa shape index (κ3) is 1.73. The van der Waals surface area contributed by atoms with Gasteiger partial charge in [0.25, 0.3) is 5.89 Å². The van der Waals surface area contributed by atoms with Gasteiger partial charge in [0.15, 0.2) is 12.9 Å². The molecule has 6 nitrogen and oxygen atoms in total. The van der Waals surface area contributed by atoms with Crippen molar-refractivity contribution in [3.8, 4) is 0 Å². The van der Waals surface area contributed by atoms with Crippen LogP contribution in [0.4, 0.5) is 4.79 Å². The van der Waals surface area contributed by atoms with Crippen molar-refractivity contribution in [2.24, 2.45) is 5.73 Å². The Morgan fingerprint density at radius 3 is 3.20 bits per heavy atom. The van der Waals surface area contributed by atoms with Crippen molar-refractivity contribution < 1.29 is 14.1 Å². The van der Waals surface area contributed by atoms with Crippen LogP contribution in [0.1, 0.15) is 5.89 Å². The number of nitrogens with two attached hydrogens (primary N) is 1. The van der Waals surface area contributed by atoms with Gasteiger partial charge in [-0.1, -0.05) is 5.16 Å². The van der Waals surface area contributed by atoms with Crippen molar-refractivity contribution in [2.45, 2.75) is 6.61 Å². The van der Waals surface area contributed by atoms with Crippen LogP contribution in [0.25, 0.3) is 0 Å². The first-order chi connectivity index (χ1) is 4.79. The summed E-state index contributed by atoms with van der Waals surface area (Å²) in [6.45, 7) is -0.0741. The second kappa shape index (κ2) is 2.81. The fraction of sp³-hybridized carbons (Fsp3) is 0.250. The zero-order valence-corrected chi connectivity index (χ0v) is 4.98. The molecular weight excluding hydrogens is 138 g/mol. The van der Waals surface area contributed by atoms with E-state index in [-0.39, 0.29) is 12.5 Å². The molecule has 0 aromatic carbocycles. The zero-order valence-electron chi connectivity index (χ0n) is 4.98. The average Bonchev–Trinajstić information content (AvgIpc) is 2.34. The Morgan fingerprint density at radius 2 is 2.70 bits per heavy atom. The molecule has 0 fully saturated rings. The van der Waals surface area contributed by atoms with E-state index in [2.05, 4.69) is 25.1 Å². The van der Waals surface area contributed by atoms with E-state index in [0.717, 1.165) is 0 Å². The molecule has 0 aliphatic heterocycles. The van der Waals surface area contributed by atoms with Crippen LogP contribution in [0.5, 0.6) is 0 Å². The van der Waals surface area contributed by atoms with Gasteiger partial charge in [0.2, 0.25) is 0 Å². The highest BCUT2D eigenvalue weighted by molar-refractivity contribution is 5.64. The summed E-state index contributed by atoms with van der Waals surface area (Å²) in [6.07, 6.45) is 0.345. The summed E-state index contributed by atoms with van der Waals surface area (Å²) in [7, 11) is 0. The molecule has 1 aromatic heterocycles. The van der Waals surface area contributed by atoms with Gasteiger partial charge in [-0.3, -0.25) is 0 Å². The van der Waals surface area contributed by atoms with Crippen molar-refractivity contribution in [3.05, 3.63) is 12.2 Å². The van der Waals surface area contributed by atoms with E-state index in [1.54, 1.807) is 0 Å². The lowest BCUT2D eigenvalue weighted by Gasteiger charge is -1.92. The van der Waals surface area contributed by atoms with Gasteiger partial charge in [0, 0.05) is 0 Å². The smallest absolute Gasteiger partial charge is 0.405 e. The van der Waals surface area contributed by atoms with E-state index in [9.17, 15) is 4.79 Å². The van der Waals surface area contributed by atoms with E-state index in [4.69, 9.17) is 0 Å². The van der Waals surface area contributed by atoms with Crippen LogP contribution in [0.2, 0.25) is 0 Å². The van der Waals surface area contributed by atoms with E-state index in [1.807, 2.05) is 0 Å². The van der Waals surface area contributed by atoms with Gasteiger partial charge >= 0.3 is 6.09 Å². The number of rotatable bonds is 2. The highest BCUT2D eigenvalue weighted by Gasteiger charge is 2.00. The number of primary amides is 1. The lowest BCUT2D eigenvalue weighted by atomic mass is 10.7. The van der Waals surface area contributed by atoms with Crippen molar-refractivity contribution in [1.82, 2.24) is 10.1 Å². The van der Waals surface area contributed by atoms with E-state index in [0.29, 0.717) is 0 Å². The summed E-state index contributed by atoms with van der Waals surface area (Å²) in [6, 6.07) is 0. The summed E-state index contributed by atoms with van der Waals surface area (Å²) in [5, 5.41) is 3.28. The summed E-state index contributed by atoms with van der Waals surface area (Å²) >= 11 is 0. The van der Waals surface area contributed by atoms with Crippen LogP contribution in [-0.4, -0.2) is 16.2 Å². The minimum absolute atomic E-state index is 0.0741. The van der Waals surface area contributed by atoms with Gasteiger partial charge in [-0.25, -0.2) is 4.79 Å². The molecule has 10 heavy (non-hydrogen) atoms. The second-order valence-electron chi connectivity index (χ2n) is 1.44. The summed E-state index contributed by atoms with van der Waals surface area (Å²) in [5.41, 5.74) is 4.66. The second-order valence-corrected chi connectivity index (χ2v) is 1.44. The van der Waals surface area contributed by atoms with Gasteiger partial charge in [-0.05, 0) is 0 Å². The maximum Gasteiger partial charge on any atom is 0.405 e. The molecule has 0 aliphatic carbocycles. The van der Waals surface area contributed by atoms with Crippen LogP contribution in [-0.2, 0) is 11.3 Å². The highest BCUT2D eigenvalue weighted by Crippen LogP contribution is 1.92. The SMILES string of the molecule is NC(=O)OCc1ncno1. The Bertz CT molecular complexity index is 208. The first kappa shape index (κ1) is 6.53. The molecule has 0 spiro atoms. The van der Waals surface area contributed by atoms with Crippen molar-refractivity contribution >= 4 is 6.09 Å². The monoisotopic (exact) mass is 143 g/mol. The molecule has 6 heteroatoms. The summed E-state index contributed by atoms with van der Waals surface area (Å²) < 4.78 is 8.82. The molecule has 0 unspecified atom stereocenters. The Labute approximate surface area is 56.0 Å². The van der Waals surface area contributed by atoms with Gasteiger partial charge in [-0.2, -0.15) is 4.98 Å². The predicted octanol–water partition coefficient (Wildman–Crippen LogP) is -0.335. The van der Waals surface area contributed by atoms with Crippen LogP contribution < -0.4 is 5.73 Å². The topological polar surface area (TPSA) is 91.2 Å². The average molecular weight is 143 g/mol. The molecule has 0 atom stereocenters. The zero-order chi connectivity index (χ0) is 7.40. The number of hydrogen-bond donors (Lipinski definition) is 1. The van der Waals surface area contributed by atoms with Crippen molar-refractivity contribution in [1.29, 1.82) is 0 Å². The normalized spacial score (nSPS) is 9.20. The minimum Gasteiger partial charge on any atom is -0.440 e. The van der Waals surface area contributed by atoms with E-state index >= 15 is 0 Å². The molecule has 0 saturated carbocycles. The molecule has 0 bridgehead atoms. The van der Waals surface area contributed by atoms with Crippen molar-refractivity contribution in [2.75, 3.05) is 0 Å². The molecule has 0 aliphatic rings. The minimum atomic E-state index is -0.863. The van der Waals surface area contributed by atoms with Crippen LogP contribution in [0, 0.1) is 0 Å². The van der Waals surface area contributed by atoms with Crippen LogP contribution >= 0.6 is 0 Å². The number of hydrogen-bond acceptors (Lipinski definition) is 5. The standard InChI is InChI=1S/C4H5N3O3/c5-4(8)9-1-3-6-2-7-10-3/h2H,1H2,(H2,5,8). The lowest BCUT2D eigenvalue weighted by molar-refractivity contribution is 0.135. The molecular formula is C4H5N3O3. The molecule has 1 amide bonds. The number of carbonyl (C=O) groups is 1. The van der Waals surface area contributed by atoms with Gasteiger partial charge in [-0.15, -0.1) is 0 Å². The van der Waals surface area contributed by atoms with Gasteiger partial charge in [0.05, 0.1) is 0 Å². The Kier molecular flexibility index (Phi) is 1.83. The third-order valence-corrected chi connectivity index (χ3v) is 0.745. The van der Waals surface area contributed by atoms with Crippen molar-refractivity contribution in [3.63, 3.8) is 0 Å². The Balaban J connectivity index is 2.35. The molecule has 1 aromatic rings. The Hall–Kier alpha value is -1.59. The lowest BCUT2D eigenvalue weighted by Crippen LogP contribution is -2.12. The van der Waals surface area contributed by atoms with Crippen LogP contribution in [0.3, 0.4) is 0 Å². The number of nitrogens with zero attached hydrogens (tertiary/aromatic N) is 2. The maximum atomic E-state index is 10.0. The summed E-state index contributed by atoms with van der Waals surface area (Å²) in [5.74, 6) is 0.221. The molecule has 2 N–H and O–H groups in total. The number of carbonyl (C=O) groups excluding carboxylic acids is 1. The third-order valence-electron chi connectivity index (χ3n) is 0.745. The molecule has 0 radical (unpaired) electrons. The highest BCUT2D eigenvalue weighted by atomic mass is 16.6. The molecule has 1 rings (SSSR count). The van der Waals surface area contributed by atoms with E-state index < -0.39 is 6.09 Å². The molecule has 0 saturated heterocycles. The number of ether oxygens (including phenoxy) is 1. The molecule has 54 valence electrons. The first-order valence-electron chi connectivity index (χ1n) is 2.47. The number of aromatic nitrogens is 2. The van der Waals surface area contributed by atoms with Gasteiger partial charge < -0.3 is 15.0 Å². The van der Waals surface area contributed by atoms with E-state index in [1.165, 1.54) is 6.33 Å². The van der Waals surface area contributed by atoms with Gasteiger partial charge in [0.1, 0.15) is 0 Å². The number of amides is 1. The first-order valence-corrected chi connectivity index (χ1v) is 2.47. The Morgan fingerprint density at radius 1 is 1.90 bits per heavy atom. The predicted molar refractivity (Wildman–Crippen MR) is 28.7 cm³/mol.